The van der Waals surface area contributed by atoms with Gasteiger partial charge in [-0.2, -0.15) is 0 Å². The molecule has 1 atom stereocenters. The molecule has 1 heterocycles. The number of rotatable bonds is 6. The highest BCUT2D eigenvalue weighted by Crippen LogP contribution is 2.27. The smallest absolute Gasteiger partial charge is 0.337 e. The molecule has 0 aliphatic carbocycles. The number of nitrogens with one attached hydrogen (secondary N) is 1. The number of hydrogen-bond acceptors (Lipinski definition) is 6. The Labute approximate surface area is 190 Å². The number of hydrogen-bond donors (Lipinski definition) is 1. The van der Waals surface area contributed by atoms with Crippen molar-refractivity contribution in [2.45, 2.75) is 6.42 Å². The van der Waals surface area contributed by atoms with Gasteiger partial charge in [0.1, 0.15) is 0 Å². The second kappa shape index (κ2) is 9.52. The second-order valence-corrected chi connectivity index (χ2v) is 7.63. The molecule has 1 fully saturated rings. The SMILES string of the molecule is COC(=O)c1ccc(N2C[C@H](C(=O)OCC(=O)Nc3cccc4ccccc34)CC2=O)cc1. The first kappa shape index (κ1) is 22.0. The van der Waals surface area contributed by atoms with Crippen molar-refractivity contribution in [2.75, 3.05) is 30.5 Å². The zero-order chi connectivity index (χ0) is 23.4. The highest BCUT2D eigenvalue weighted by Gasteiger charge is 2.36. The van der Waals surface area contributed by atoms with E-state index in [1.165, 1.54) is 12.0 Å². The van der Waals surface area contributed by atoms with E-state index >= 15 is 0 Å². The number of amides is 2. The molecule has 2 amide bonds. The summed E-state index contributed by atoms with van der Waals surface area (Å²) in [5.74, 6) is -2.45. The van der Waals surface area contributed by atoms with E-state index in [1.54, 1.807) is 30.3 Å². The maximum atomic E-state index is 12.5. The average molecular weight is 446 g/mol. The summed E-state index contributed by atoms with van der Waals surface area (Å²) in [5.41, 5.74) is 1.56. The maximum Gasteiger partial charge on any atom is 0.337 e. The van der Waals surface area contributed by atoms with Crippen molar-refractivity contribution in [2.24, 2.45) is 5.92 Å². The van der Waals surface area contributed by atoms with Crippen molar-refractivity contribution >= 4 is 45.9 Å². The highest BCUT2D eigenvalue weighted by molar-refractivity contribution is 6.03. The van der Waals surface area contributed by atoms with E-state index in [1.807, 2.05) is 36.4 Å². The monoisotopic (exact) mass is 446 g/mol. The van der Waals surface area contributed by atoms with E-state index in [0.717, 1.165) is 10.8 Å². The minimum atomic E-state index is -0.678. The van der Waals surface area contributed by atoms with Gasteiger partial charge in [-0.1, -0.05) is 36.4 Å². The number of nitrogens with zero attached hydrogens (tertiary/aromatic N) is 1. The molecule has 1 aliphatic heterocycles. The average Bonchev–Trinajstić information content (AvgIpc) is 3.24. The number of methoxy groups -OCH3 is 1. The molecule has 168 valence electrons. The molecule has 8 nitrogen and oxygen atoms in total. The molecular formula is C25H22N2O6. The van der Waals surface area contributed by atoms with Gasteiger partial charge in [-0.3, -0.25) is 14.4 Å². The number of carbonyl (C=O) groups is 4. The van der Waals surface area contributed by atoms with E-state index in [-0.39, 0.29) is 18.9 Å². The molecule has 0 bridgehead atoms. The fourth-order valence-electron chi connectivity index (χ4n) is 3.79. The Morgan fingerprint density at radius 3 is 2.48 bits per heavy atom. The number of benzene rings is 3. The van der Waals surface area contributed by atoms with Gasteiger partial charge >= 0.3 is 11.9 Å². The first-order valence-corrected chi connectivity index (χ1v) is 10.4. The van der Waals surface area contributed by atoms with Crippen LogP contribution in [0, 0.1) is 5.92 Å². The minimum Gasteiger partial charge on any atom is -0.465 e. The van der Waals surface area contributed by atoms with E-state index in [0.29, 0.717) is 16.9 Å². The van der Waals surface area contributed by atoms with Gasteiger partial charge in [0.05, 0.1) is 18.6 Å². The van der Waals surface area contributed by atoms with Gasteiger partial charge in [0, 0.05) is 29.7 Å². The number of ether oxygens (including phenoxy) is 2. The Morgan fingerprint density at radius 1 is 1.00 bits per heavy atom. The molecule has 0 spiro atoms. The van der Waals surface area contributed by atoms with Crippen LogP contribution in [0.5, 0.6) is 0 Å². The van der Waals surface area contributed by atoms with E-state index in [9.17, 15) is 19.2 Å². The van der Waals surface area contributed by atoms with Crippen LogP contribution < -0.4 is 10.2 Å². The van der Waals surface area contributed by atoms with Crippen LogP contribution in [0.15, 0.2) is 66.7 Å². The Balaban J connectivity index is 1.33. The van der Waals surface area contributed by atoms with Crippen LogP contribution in [0.1, 0.15) is 16.8 Å². The number of anilines is 2. The van der Waals surface area contributed by atoms with Crippen molar-refractivity contribution < 1.29 is 28.7 Å². The quantitative estimate of drug-likeness (QED) is 0.584. The summed E-state index contributed by atoms with van der Waals surface area (Å²) in [5, 5.41) is 4.63. The molecular weight excluding hydrogens is 424 g/mol. The standard InChI is InChI=1S/C25H22N2O6/c1-32-24(30)17-9-11-19(12-10-17)27-14-18(13-23(27)29)25(31)33-15-22(28)26-21-8-4-6-16-5-2-3-7-20(16)21/h2-12,18H,13-15H2,1H3,(H,26,28)/t18-/m1/s1. The summed E-state index contributed by atoms with van der Waals surface area (Å²) < 4.78 is 9.84. The molecule has 8 heteroatoms. The van der Waals surface area contributed by atoms with Crippen LogP contribution in [0.25, 0.3) is 10.8 Å². The van der Waals surface area contributed by atoms with Gasteiger partial charge in [0.2, 0.25) is 5.91 Å². The Hall–Kier alpha value is -4.20. The lowest BCUT2D eigenvalue weighted by molar-refractivity contribution is -0.151. The third-order valence-electron chi connectivity index (χ3n) is 5.47. The first-order chi connectivity index (χ1) is 16.0. The zero-order valence-corrected chi connectivity index (χ0v) is 17.9. The number of esters is 2. The van der Waals surface area contributed by atoms with Crippen molar-refractivity contribution in [1.29, 1.82) is 0 Å². The van der Waals surface area contributed by atoms with Crippen molar-refractivity contribution in [1.82, 2.24) is 0 Å². The fraction of sp³-hybridized carbons (Fsp3) is 0.200. The van der Waals surface area contributed by atoms with Crippen LogP contribution in [-0.4, -0.2) is 44.0 Å². The summed E-state index contributed by atoms with van der Waals surface area (Å²) in [4.78, 5) is 50.2. The van der Waals surface area contributed by atoms with Gasteiger partial charge < -0.3 is 19.7 Å². The maximum absolute atomic E-state index is 12.5. The van der Waals surface area contributed by atoms with Gasteiger partial charge in [0.15, 0.2) is 6.61 Å². The molecule has 1 N–H and O–H groups in total. The lowest BCUT2D eigenvalue weighted by atomic mass is 10.1. The van der Waals surface area contributed by atoms with Crippen molar-refractivity contribution in [3.05, 3.63) is 72.3 Å². The van der Waals surface area contributed by atoms with Crippen LogP contribution >= 0.6 is 0 Å². The molecule has 3 aromatic rings. The molecule has 0 saturated carbocycles. The van der Waals surface area contributed by atoms with E-state index in [4.69, 9.17) is 4.74 Å². The summed E-state index contributed by atoms with van der Waals surface area (Å²) >= 11 is 0. The van der Waals surface area contributed by atoms with Crippen molar-refractivity contribution in [3.63, 3.8) is 0 Å². The Kier molecular flexibility index (Phi) is 6.35. The van der Waals surface area contributed by atoms with E-state index < -0.39 is 30.4 Å². The van der Waals surface area contributed by atoms with Crippen LogP contribution in [0.4, 0.5) is 11.4 Å². The molecule has 33 heavy (non-hydrogen) atoms. The molecule has 1 aliphatic rings. The lowest BCUT2D eigenvalue weighted by Gasteiger charge is -2.17. The summed E-state index contributed by atoms with van der Waals surface area (Å²) in [6.07, 6.45) is -0.0114. The summed E-state index contributed by atoms with van der Waals surface area (Å²) in [6, 6.07) is 19.5. The van der Waals surface area contributed by atoms with Crippen LogP contribution in [-0.2, 0) is 23.9 Å². The summed E-state index contributed by atoms with van der Waals surface area (Å²) in [7, 11) is 1.29. The minimum absolute atomic E-state index is 0.0114. The van der Waals surface area contributed by atoms with Gasteiger partial charge in [0.25, 0.3) is 5.91 Å². The zero-order valence-electron chi connectivity index (χ0n) is 17.9. The predicted molar refractivity (Wildman–Crippen MR) is 122 cm³/mol. The number of carbonyl (C=O) groups excluding carboxylic acids is 4. The van der Waals surface area contributed by atoms with Gasteiger partial charge in [-0.05, 0) is 35.7 Å². The van der Waals surface area contributed by atoms with Crippen LogP contribution in [0.3, 0.4) is 0 Å². The van der Waals surface area contributed by atoms with Gasteiger partial charge in [-0.25, -0.2) is 4.79 Å². The second-order valence-electron chi connectivity index (χ2n) is 7.63. The highest BCUT2D eigenvalue weighted by atomic mass is 16.5. The summed E-state index contributed by atoms with van der Waals surface area (Å²) in [6.45, 7) is -0.305. The predicted octanol–water partition coefficient (Wildman–Crippen LogP) is 3.16. The normalized spacial score (nSPS) is 15.4. The molecule has 0 radical (unpaired) electrons. The third kappa shape index (κ3) is 4.85. The van der Waals surface area contributed by atoms with Crippen molar-refractivity contribution in [3.8, 4) is 0 Å². The first-order valence-electron chi connectivity index (χ1n) is 10.4. The topological polar surface area (TPSA) is 102 Å². The lowest BCUT2D eigenvalue weighted by Crippen LogP contribution is -2.28. The molecule has 0 aromatic heterocycles. The third-order valence-corrected chi connectivity index (χ3v) is 5.47. The largest absolute Gasteiger partial charge is 0.465 e. The number of fused-ring (bicyclic) bond motifs is 1. The molecule has 3 aromatic carbocycles. The molecule has 1 saturated heterocycles. The van der Waals surface area contributed by atoms with Crippen LogP contribution in [0.2, 0.25) is 0 Å². The Bertz CT molecular complexity index is 1220. The fourth-order valence-corrected chi connectivity index (χ4v) is 3.79. The van der Waals surface area contributed by atoms with E-state index in [2.05, 4.69) is 10.1 Å². The molecule has 0 unspecified atom stereocenters. The van der Waals surface area contributed by atoms with Gasteiger partial charge in [-0.15, -0.1) is 0 Å². The Morgan fingerprint density at radius 2 is 1.73 bits per heavy atom. The molecule has 4 rings (SSSR count).